The molecule has 0 aliphatic carbocycles. The summed E-state index contributed by atoms with van der Waals surface area (Å²) in [6, 6.07) is 2.29. The summed E-state index contributed by atoms with van der Waals surface area (Å²) in [5.41, 5.74) is 6.73. The highest BCUT2D eigenvalue weighted by atomic mass is 32.1. The van der Waals surface area contributed by atoms with Crippen LogP contribution in [0.2, 0.25) is 0 Å². The van der Waals surface area contributed by atoms with Crippen LogP contribution in [-0.2, 0) is 11.2 Å². The van der Waals surface area contributed by atoms with Crippen molar-refractivity contribution in [3.63, 3.8) is 0 Å². The van der Waals surface area contributed by atoms with Crippen molar-refractivity contribution in [2.45, 2.75) is 39.2 Å². The van der Waals surface area contributed by atoms with Gasteiger partial charge in [0.25, 0.3) is 0 Å². The van der Waals surface area contributed by atoms with E-state index in [9.17, 15) is 4.79 Å². The fraction of sp³-hybridized carbons (Fsp3) is 0.615. The van der Waals surface area contributed by atoms with Gasteiger partial charge in [0, 0.05) is 12.0 Å². The third kappa shape index (κ3) is 5.33. The average molecular weight is 254 g/mol. The van der Waals surface area contributed by atoms with Gasteiger partial charge >= 0.3 is 0 Å². The molecule has 1 aromatic heterocycles. The number of rotatable bonds is 7. The lowest BCUT2D eigenvalue weighted by molar-refractivity contribution is -0.125. The number of hydrogen-bond acceptors (Lipinski definition) is 3. The molecule has 3 N–H and O–H groups in total. The van der Waals surface area contributed by atoms with Crippen molar-refractivity contribution in [2.75, 3.05) is 6.54 Å². The fourth-order valence-electron chi connectivity index (χ4n) is 1.75. The number of nitrogens with one attached hydrogen (secondary N) is 1. The first-order chi connectivity index (χ1) is 8.13. The molecule has 0 aliphatic heterocycles. The standard InChI is InChI=1S/C13H22N2OS/c1-10(4-3-6-14)13(16)15-11(2)8-12-5-7-17-9-12/h5,7,9-11H,3-4,6,8,14H2,1-2H3,(H,15,16). The molecule has 1 heterocycles. The maximum Gasteiger partial charge on any atom is 0.223 e. The predicted octanol–water partition coefficient (Wildman–Crippen LogP) is 2.17. The van der Waals surface area contributed by atoms with Crippen LogP contribution in [0, 0.1) is 5.92 Å². The SMILES string of the molecule is CC(Cc1ccsc1)NC(=O)C(C)CCCN. The summed E-state index contributed by atoms with van der Waals surface area (Å²) in [4.78, 5) is 11.8. The zero-order valence-corrected chi connectivity index (χ0v) is 11.4. The van der Waals surface area contributed by atoms with Crippen molar-refractivity contribution < 1.29 is 4.79 Å². The van der Waals surface area contributed by atoms with Crippen LogP contribution >= 0.6 is 11.3 Å². The molecule has 0 saturated heterocycles. The Morgan fingerprint density at radius 3 is 2.88 bits per heavy atom. The highest BCUT2D eigenvalue weighted by molar-refractivity contribution is 7.07. The molecule has 1 amide bonds. The van der Waals surface area contributed by atoms with Crippen LogP contribution in [0.1, 0.15) is 32.3 Å². The summed E-state index contributed by atoms with van der Waals surface area (Å²) >= 11 is 1.69. The van der Waals surface area contributed by atoms with Gasteiger partial charge in [-0.25, -0.2) is 0 Å². The minimum atomic E-state index is 0.0588. The van der Waals surface area contributed by atoms with Crippen molar-refractivity contribution in [3.05, 3.63) is 22.4 Å². The Balaban J connectivity index is 2.30. The number of thiophene rings is 1. The molecule has 2 unspecified atom stereocenters. The zero-order valence-electron chi connectivity index (χ0n) is 10.6. The van der Waals surface area contributed by atoms with Crippen molar-refractivity contribution in [3.8, 4) is 0 Å². The number of carbonyl (C=O) groups excluding carboxylic acids is 1. The lowest BCUT2D eigenvalue weighted by Crippen LogP contribution is -2.37. The fourth-order valence-corrected chi connectivity index (χ4v) is 2.44. The van der Waals surface area contributed by atoms with Gasteiger partial charge in [-0.1, -0.05) is 6.92 Å². The van der Waals surface area contributed by atoms with E-state index in [0.29, 0.717) is 6.54 Å². The zero-order chi connectivity index (χ0) is 12.7. The maximum absolute atomic E-state index is 11.8. The van der Waals surface area contributed by atoms with E-state index >= 15 is 0 Å². The molecule has 1 rings (SSSR count). The Labute approximate surface area is 107 Å². The molecule has 0 aromatic carbocycles. The lowest BCUT2D eigenvalue weighted by Gasteiger charge is -2.17. The van der Waals surface area contributed by atoms with Crippen molar-refractivity contribution >= 4 is 17.2 Å². The van der Waals surface area contributed by atoms with Crippen LogP contribution in [0.15, 0.2) is 16.8 Å². The molecule has 0 fully saturated rings. The monoisotopic (exact) mass is 254 g/mol. The van der Waals surface area contributed by atoms with Crippen LogP contribution in [0.25, 0.3) is 0 Å². The van der Waals surface area contributed by atoms with E-state index in [1.165, 1.54) is 5.56 Å². The molecular weight excluding hydrogens is 232 g/mol. The van der Waals surface area contributed by atoms with Gasteiger partial charge in [0.15, 0.2) is 0 Å². The largest absolute Gasteiger partial charge is 0.353 e. The van der Waals surface area contributed by atoms with Crippen molar-refractivity contribution in [1.82, 2.24) is 5.32 Å². The molecule has 0 saturated carbocycles. The molecule has 0 bridgehead atoms. The number of amides is 1. The van der Waals surface area contributed by atoms with Gasteiger partial charge in [-0.3, -0.25) is 4.79 Å². The summed E-state index contributed by atoms with van der Waals surface area (Å²) < 4.78 is 0. The number of carbonyl (C=O) groups is 1. The highest BCUT2D eigenvalue weighted by Crippen LogP contribution is 2.10. The second kappa shape index (κ2) is 7.45. The van der Waals surface area contributed by atoms with Gasteiger partial charge in [-0.15, -0.1) is 0 Å². The van der Waals surface area contributed by atoms with Gasteiger partial charge in [0.1, 0.15) is 0 Å². The summed E-state index contributed by atoms with van der Waals surface area (Å²) in [6.07, 6.45) is 2.68. The predicted molar refractivity (Wildman–Crippen MR) is 73.1 cm³/mol. The Kier molecular flexibility index (Phi) is 6.22. The molecule has 0 radical (unpaired) electrons. The van der Waals surface area contributed by atoms with Gasteiger partial charge < -0.3 is 11.1 Å². The summed E-state index contributed by atoms with van der Waals surface area (Å²) in [5.74, 6) is 0.199. The van der Waals surface area contributed by atoms with E-state index in [-0.39, 0.29) is 17.9 Å². The maximum atomic E-state index is 11.8. The normalized spacial score (nSPS) is 14.3. The van der Waals surface area contributed by atoms with Crippen LogP contribution < -0.4 is 11.1 Å². The van der Waals surface area contributed by atoms with Crippen molar-refractivity contribution in [2.24, 2.45) is 11.7 Å². The third-order valence-corrected chi connectivity index (χ3v) is 3.53. The lowest BCUT2D eigenvalue weighted by atomic mass is 10.0. The first-order valence-corrected chi connectivity index (χ1v) is 7.09. The second-order valence-electron chi connectivity index (χ2n) is 4.58. The number of hydrogen-bond donors (Lipinski definition) is 2. The number of nitrogens with two attached hydrogens (primary N) is 1. The second-order valence-corrected chi connectivity index (χ2v) is 5.36. The molecular formula is C13H22N2OS. The molecule has 17 heavy (non-hydrogen) atoms. The summed E-state index contributed by atoms with van der Waals surface area (Å²) in [6.45, 7) is 4.66. The molecule has 1 aromatic rings. The van der Waals surface area contributed by atoms with E-state index in [1.54, 1.807) is 11.3 Å². The quantitative estimate of drug-likeness (QED) is 0.783. The van der Waals surface area contributed by atoms with E-state index in [2.05, 4.69) is 22.1 Å². The van der Waals surface area contributed by atoms with E-state index in [4.69, 9.17) is 5.73 Å². The molecule has 2 atom stereocenters. The van der Waals surface area contributed by atoms with Crippen molar-refractivity contribution in [1.29, 1.82) is 0 Å². The third-order valence-electron chi connectivity index (χ3n) is 2.80. The van der Waals surface area contributed by atoms with Gasteiger partial charge in [-0.05, 0) is 55.1 Å². The Morgan fingerprint density at radius 1 is 1.53 bits per heavy atom. The van der Waals surface area contributed by atoms with Crippen LogP contribution in [0.3, 0.4) is 0 Å². The summed E-state index contributed by atoms with van der Waals surface area (Å²) in [7, 11) is 0. The Morgan fingerprint density at radius 2 is 2.29 bits per heavy atom. The average Bonchev–Trinajstić information content (AvgIpc) is 2.78. The minimum Gasteiger partial charge on any atom is -0.353 e. The van der Waals surface area contributed by atoms with Crippen LogP contribution in [0.5, 0.6) is 0 Å². The Hall–Kier alpha value is -0.870. The van der Waals surface area contributed by atoms with E-state index < -0.39 is 0 Å². The topological polar surface area (TPSA) is 55.1 Å². The summed E-state index contributed by atoms with van der Waals surface area (Å²) in [5, 5.41) is 7.24. The van der Waals surface area contributed by atoms with Crippen LogP contribution in [-0.4, -0.2) is 18.5 Å². The molecule has 0 spiro atoms. The van der Waals surface area contributed by atoms with E-state index in [1.807, 2.05) is 13.8 Å². The van der Waals surface area contributed by atoms with E-state index in [0.717, 1.165) is 19.3 Å². The van der Waals surface area contributed by atoms with Gasteiger partial charge in [0.2, 0.25) is 5.91 Å². The first kappa shape index (κ1) is 14.2. The Bertz CT molecular complexity index is 324. The molecule has 3 nitrogen and oxygen atoms in total. The highest BCUT2D eigenvalue weighted by Gasteiger charge is 2.14. The smallest absolute Gasteiger partial charge is 0.223 e. The minimum absolute atomic E-state index is 0.0588. The molecule has 0 aliphatic rings. The molecule has 4 heteroatoms. The first-order valence-electron chi connectivity index (χ1n) is 6.15. The van der Waals surface area contributed by atoms with Gasteiger partial charge in [-0.2, -0.15) is 11.3 Å². The molecule has 96 valence electrons. The van der Waals surface area contributed by atoms with Crippen LogP contribution in [0.4, 0.5) is 0 Å². The van der Waals surface area contributed by atoms with Gasteiger partial charge in [0.05, 0.1) is 0 Å².